The van der Waals surface area contributed by atoms with E-state index in [1.165, 1.54) is 26.4 Å². The number of Topliss-reactive ketones (excluding diaryl/α,β-unsaturated/α-hetero) is 1. The first-order valence-electron chi connectivity index (χ1n) is 4.79. The van der Waals surface area contributed by atoms with E-state index in [1.807, 2.05) is 0 Å². The summed E-state index contributed by atoms with van der Waals surface area (Å²) < 4.78 is 23.3. The maximum Gasteiger partial charge on any atom is 0.171 e. The van der Waals surface area contributed by atoms with Crippen LogP contribution < -0.4 is 15.2 Å². The molecule has 0 aromatic heterocycles. The number of hydrogen-bond acceptors (Lipinski definition) is 4. The molecule has 0 saturated carbocycles. The summed E-state index contributed by atoms with van der Waals surface area (Å²) in [6.45, 7) is 0.196. The summed E-state index contributed by atoms with van der Waals surface area (Å²) in [4.78, 5) is 11.7. The van der Waals surface area contributed by atoms with Gasteiger partial charge in [0.15, 0.2) is 17.3 Å². The number of carbonyl (C=O) groups excluding carboxylic acids is 1. The lowest BCUT2D eigenvalue weighted by Crippen LogP contribution is -2.11. The highest BCUT2D eigenvalue weighted by Gasteiger charge is 2.20. The molecule has 5 heteroatoms. The van der Waals surface area contributed by atoms with Crippen molar-refractivity contribution in [3.8, 4) is 11.5 Å². The van der Waals surface area contributed by atoms with Crippen molar-refractivity contribution < 1.29 is 18.7 Å². The predicted molar refractivity (Wildman–Crippen MR) is 57.5 cm³/mol. The Kier molecular flexibility index (Phi) is 4.25. The SMILES string of the molecule is COc1ccc(F)c(OC)c1C(=O)CCN. The lowest BCUT2D eigenvalue weighted by Gasteiger charge is -2.12. The third-order valence-electron chi connectivity index (χ3n) is 2.15. The zero-order valence-electron chi connectivity index (χ0n) is 9.25. The van der Waals surface area contributed by atoms with E-state index in [0.717, 1.165) is 0 Å². The Labute approximate surface area is 93.2 Å². The van der Waals surface area contributed by atoms with Gasteiger partial charge in [-0.15, -0.1) is 0 Å². The number of nitrogens with two attached hydrogens (primary N) is 1. The van der Waals surface area contributed by atoms with Crippen LogP contribution in [0.15, 0.2) is 12.1 Å². The van der Waals surface area contributed by atoms with Crippen molar-refractivity contribution in [2.45, 2.75) is 6.42 Å². The van der Waals surface area contributed by atoms with Crippen LogP contribution in [0.1, 0.15) is 16.8 Å². The molecule has 0 fully saturated rings. The van der Waals surface area contributed by atoms with Gasteiger partial charge in [-0.05, 0) is 18.7 Å². The molecule has 4 nitrogen and oxygen atoms in total. The number of methoxy groups -OCH3 is 2. The predicted octanol–water partition coefficient (Wildman–Crippen LogP) is 1.37. The molecule has 0 atom stereocenters. The van der Waals surface area contributed by atoms with E-state index < -0.39 is 5.82 Å². The molecule has 0 saturated heterocycles. The number of halogens is 1. The van der Waals surface area contributed by atoms with Gasteiger partial charge in [-0.25, -0.2) is 4.39 Å². The van der Waals surface area contributed by atoms with Crippen LogP contribution in [0.5, 0.6) is 11.5 Å². The third-order valence-corrected chi connectivity index (χ3v) is 2.15. The summed E-state index contributed by atoms with van der Waals surface area (Å²) in [5, 5.41) is 0. The molecule has 0 radical (unpaired) electrons. The second kappa shape index (κ2) is 5.46. The van der Waals surface area contributed by atoms with Gasteiger partial charge < -0.3 is 15.2 Å². The number of hydrogen-bond donors (Lipinski definition) is 1. The minimum Gasteiger partial charge on any atom is -0.496 e. The van der Waals surface area contributed by atoms with Crippen molar-refractivity contribution >= 4 is 5.78 Å². The fraction of sp³-hybridized carbons (Fsp3) is 0.364. The van der Waals surface area contributed by atoms with Crippen LogP contribution in [-0.4, -0.2) is 26.5 Å². The van der Waals surface area contributed by atoms with Gasteiger partial charge in [-0.1, -0.05) is 0 Å². The maximum absolute atomic E-state index is 13.4. The van der Waals surface area contributed by atoms with Gasteiger partial charge in [0, 0.05) is 6.42 Å². The molecule has 0 aliphatic heterocycles. The average Bonchev–Trinajstić information content (AvgIpc) is 2.28. The summed E-state index contributed by atoms with van der Waals surface area (Å²) in [5.74, 6) is -0.700. The van der Waals surface area contributed by atoms with Gasteiger partial charge in [0.05, 0.1) is 14.2 Å². The first kappa shape index (κ1) is 12.4. The number of ether oxygens (including phenoxy) is 2. The second-order valence-corrected chi connectivity index (χ2v) is 3.12. The molecule has 2 N–H and O–H groups in total. The van der Waals surface area contributed by atoms with E-state index in [2.05, 4.69) is 0 Å². The third kappa shape index (κ3) is 2.30. The summed E-state index contributed by atoms with van der Waals surface area (Å²) in [6, 6.07) is 2.58. The van der Waals surface area contributed by atoms with E-state index in [-0.39, 0.29) is 35.8 Å². The van der Waals surface area contributed by atoms with Crippen LogP contribution in [0.2, 0.25) is 0 Å². The van der Waals surface area contributed by atoms with E-state index in [1.54, 1.807) is 0 Å². The quantitative estimate of drug-likeness (QED) is 0.772. The highest BCUT2D eigenvalue weighted by molar-refractivity contribution is 6.01. The number of ketones is 1. The summed E-state index contributed by atoms with van der Waals surface area (Å²) in [7, 11) is 2.71. The molecule has 88 valence electrons. The zero-order valence-corrected chi connectivity index (χ0v) is 9.25. The van der Waals surface area contributed by atoms with Gasteiger partial charge in [0.1, 0.15) is 11.3 Å². The standard InChI is InChI=1S/C11H14FNO3/c1-15-9-4-3-7(12)11(16-2)10(9)8(14)5-6-13/h3-4H,5-6,13H2,1-2H3. The molecule has 0 heterocycles. The molecule has 0 bridgehead atoms. The molecule has 1 aromatic rings. The summed E-state index contributed by atoms with van der Waals surface area (Å²) >= 11 is 0. The number of carbonyl (C=O) groups is 1. The van der Waals surface area contributed by atoms with Crippen molar-refractivity contribution in [3.63, 3.8) is 0 Å². The van der Waals surface area contributed by atoms with Crippen molar-refractivity contribution in [3.05, 3.63) is 23.5 Å². The Morgan fingerprint density at radius 1 is 1.38 bits per heavy atom. The first-order chi connectivity index (χ1) is 7.65. The van der Waals surface area contributed by atoms with E-state index in [0.29, 0.717) is 0 Å². The molecule has 0 aliphatic carbocycles. The molecule has 0 aliphatic rings. The lowest BCUT2D eigenvalue weighted by molar-refractivity contribution is 0.0978. The largest absolute Gasteiger partial charge is 0.496 e. The van der Waals surface area contributed by atoms with Crippen molar-refractivity contribution in [2.24, 2.45) is 5.73 Å². The molecular weight excluding hydrogens is 213 g/mol. The fourth-order valence-electron chi connectivity index (χ4n) is 1.43. The van der Waals surface area contributed by atoms with E-state index >= 15 is 0 Å². The molecule has 1 aromatic carbocycles. The van der Waals surface area contributed by atoms with Gasteiger partial charge in [-0.3, -0.25) is 4.79 Å². The topological polar surface area (TPSA) is 61.5 Å². The smallest absolute Gasteiger partial charge is 0.171 e. The normalized spacial score (nSPS) is 10.0. The van der Waals surface area contributed by atoms with Gasteiger partial charge in [0.2, 0.25) is 0 Å². The monoisotopic (exact) mass is 227 g/mol. The average molecular weight is 227 g/mol. The Morgan fingerprint density at radius 2 is 2.06 bits per heavy atom. The summed E-state index contributed by atoms with van der Waals surface area (Å²) in [6.07, 6.45) is 0.121. The van der Waals surface area contributed by atoms with Crippen LogP contribution in [-0.2, 0) is 0 Å². The van der Waals surface area contributed by atoms with Crippen LogP contribution >= 0.6 is 0 Å². The molecule has 16 heavy (non-hydrogen) atoms. The molecule has 0 unspecified atom stereocenters. The summed E-state index contributed by atoms with van der Waals surface area (Å²) in [5.41, 5.74) is 5.40. The van der Waals surface area contributed by atoms with Crippen molar-refractivity contribution in [1.29, 1.82) is 0 Å². The molecule has 0 spiro atoms. The Hall–Kier alpha value is -1.62. The van der Waals surface area contributed by atoms with E-state index in [9.17, 15) is 9.18 Å². The Bertz CT molecular complexity index is 393. The highest BCUT2D eigenvalue weighted by Crippen LogP contribution is 2.32. The second-order valence-electron chi connectivity index (χ2n) is 3.12. The van der Waals surface area contributed by atoms with Gasteiger partial charge in [-0.2, -0.15) is 0 Å². The minimum absolute atomic E-state index is 0.0993. The van der Waals surface area contributed by atoms with Crippen LogP contribution in [0.25, 0.3) is 0 Å². The van der Waals surface area contributed by atoms with Crippen molar-refractivity contribution in [2.75, 3.05) is 20.8 Å². The van der Waals surface area contributed by atoms with Crippen LogP contribution in [0.4, 0.5) is 4.39 Å². The molecule has 0 amide bonds. The Morgan fingerprint density at radius 3 is 2.56 bits per heavy atom. The zero-order chi connectivity index (χ0) is 12.1. The molecule has 1 rings (SSSR count). The number of rotatable bonds is 5. The Balaban J connectivity index is 3.30. The fourth-order valence-corrected chi connectivity index (χ4v) is 1.43. The molecular formula is C11H14FNO3. The van der Waals surface area contributed by atoms with Crippen LogP contribution in [0.3, 0.4) is 0 Å². The highest BCUT2D eigenvalue weighted by atomic mass is 19.1. The van der Waals surface area contributed by atoms with Gasteiger partial charge in [0.25, 0.3) is 0 Å². The number of benzene rings is 1. The maximum atomic E-state index is 13.4. The van der Waals surface area contributed by atoms with Crippen LogP contribution in [0, 0.1) is 5.82 Å². The van der Waals surface area contributed by atoms with Gasteiger partial charge >= 0.3 is 0 Å². The lowest BCUT2D eigenvalue weighted by atomic mass is 10.1. The minimum atomic E-state index is -0.594. The van der Waals surface area contributed by atoms with Crippen molar-refractivity contribution in [1.82, 2.24) is 0 Å². The first-order valence-corrected chi connectivity index (χ1v) is 4.79. The van der Waals surface area contributed by atoms with E-state index in [4.69, 9.17) is 15.2 Å².